The molecular weight excluding hydrogens is 296 g/mol. The van der Waals surface area contributed by atoms with Crippen LogP contribution in [0.5, 0.6) is 0 Å². The molecule has 0 radical (unpaired) electrons. The standard InChI is InChI=1S/C13H14N2O3S2/c16-14-10(12-3-1-5-19-12)7-9(15(17)18)8-11(14)13-4-2-6-20-13/h1-6,10-11,16H,7-8H2,(H,17,18)/t10-,11-/m1/s1. The van der Waals surface area contributed by atoms with Crippen LogP contribution in [-0.2, 0) is 0 Å². The Morgan fingerprint density at radius 2 is 1.60 bits per heavy atom. The first kappa shape index (κ1) is 13.6. The zero-order chi connectivity index (χ0) is 14.1. The van der Waals surface area contributed by atoms with E-state index in [1.807, 2.05) is 35.0 Å². The Morgan fingerprint density at radius 1 is 1.10 bits per heavy atom. The van der Waals surface area contributed by atoms with Crippen molar-refractivity contribution in [3.63, 3.8) is 0 Å². The van der Waals surface area contributed by atoms with E-state index in [1.165, 1.54) is 27.7 Å². The first-order valence-corrected chi connectivity index (χ1v) is 7.97. The highest BCUT2D eigenvalue weighted by atomic mass is 32.1. The lowest BCUT2D eigenvalue weighted by atomic mass is 9.94. The van der Waals surface area contributed by atoms with Crippen LogP contribution in [-0.4, -0.2) is 26.1 Å². The van der Waals surface area contributed by atoms with Crippen molar-refractivity contribution in [3.8, 4) is 0 Å². The van der Waals surface area contributed by atoms with Crippen molar-refractivity contribution >= 4 is 28.4 Å². The van der Waals surface area contributed by atoms with Gasteiger partial charge in [0.25, 0.3) is 0 Å². The van der Waals surface area contributed by atoms with Crippen molar-refractivity contribution in [1.29, 1.82) is 0 Å². The summed E-state index contributed by atoms with van der Waals surface area (Å²) in [6.45, 7) is 0. The van der Waals surface area contributed by atoms with E-state index in [1.54, 1.807) is 0 Å². The molecule has 0 spiro atoms. The van der Waals surface area contributed by atoms with Gasteiger partial charge in [0.1, 0.15) is 0 Å². The Labute approximate surface area is 124 Å². The summed E-state index contributed by atoms with van der Waals surface area (Å²) in [4.78, 5) is 1.91. The van der Waals surface area contributed by atoms with E-state index in [-0.39, 0.29) is 17.0 Å². The summed E-state index contributed by atoms with van der Waals surface area (Å²) in [6.07, 6.45) is 0.664. The average molecular weight is 310 g/mol. The number of piperidine rings is 1. The molecule has 0 amide bonds. The zero-order valence-corrected chi connectivity index (χ0v) is 12.2. The van der Waals surface area contributed by atoms with Crippen LogP contribution in [0.3, 0.4) is 0 Å². The molecule has 0 bridgehead atoms. The van der Waals surface area contributed by atoms with E-state index >= 15 is 0 Å². The van der Waals surface area contributed by atoms with Gasteiger partial charge >= 0.3 is 0 Å². The van der Waals surface area contributed by atoms with Crippen LogP contribution in [0.15, 0.2) is 35.0 Å². The van der Waals surface area contributed by atoms with Gasteiger partial charge in [-0.1, -0.05) is 12.1 Å². The molecule has 0 saturated carbocycles. The van der Waals surface area contributed by atoms with Gasteiger partial charge < -0.3 is 10.4 Å². The highest BCUT2D eigenvalue weighted by molar-refractivity contribution is 7.10. The monoisotopic (exact) mass is 310 g/mol. The first-order valence-electron chi connectivity index (χ1n) is 6.21. The largest absolute Gasteiger partial charge is 0.418 e. The van der Waals surface area contributed by atoms with E-state index in [9.17, 15) is 15.6 Å². The lowest BCUT2D eigenvalue weighted by Gasteiger charge is -2.35. The number of thiophene rings is 2. The molecule has 3 rings (SSSR count). The predicted molar refractivity (Wildman–Crippen MR) is 77.4 cm³/mol. The quantitative estimate of drug-likeness (QED) is 0.506. The first-order chi connectivity index (χ1) is 9.66. The van der Waals surface area contributed by atoms with Crippen molar-refractivity contribution in [3.05, 3.63) is 50.0 Å². The molecule has 0 unspecified atom stereocenters. The van der Waals surface area contributed by atoms with Gasteiger partial charge in [0.2, 0.25) is 5.71 Å². The number of nitrogens with zero attached hydrogens (tertiary/aromatic N) is 2. The second kappa shape index (κ2) is 5.53. The fraction of sp³-hybridized carbons (Fsp3) is 0.308. The summed E-state index contributed by atoms with van der Waals surface area (Å²) < 4.78 is 0. The van der Waals surface area contributed by atoms with Gasteiger partial charge in [0.15, 0.2) is 0 Å². The molecule has 1 fully saturated rings. The van der Waals surface area contributed by atoms with Gasteiger partial charge in [0.05, 0.1) is 24.9 Å². The second-order valence-corrected chi connectivity index (χ2v) is 6.65. The molecule has 1 aliphatic heterocycles. The molecule has 7 heteroatoms. The molecule has 3 heterocycles. The van der Waals surface area contributed by atoms with Crippen molar-refractivity contribution in [1.82, 2.24) is 5.06 Å². The predicted octanol–water partition coefficient (Wildman–Crippen LogP) is 3.42. The minimum Gasteiger partial charge on any atom is -0.418 e. The van der Waals surface area contributed by atoms with E-state index in [4.69, 9.17) is 0 Å². The Morgan fingerprint density at radius 3 is 1.95 bits per heavy atom. The number of hydrogen-bond acceptors (Lipinski definition) is 6. The topological polar surface area (TPSA) is 69.8 Å². The molecular formula is C13H14N2O3S2. The van der Waals surface area contributed by atoms with Gasteiger partial charge in [-0.25, -0.2) is 0 Å². The third-order valence-corrected chi connectivity index (χ3v) is 5.46. The summed E-state index contributed by atoms with van der Waals surface area (Å²) in [5.74, 6) is 0. The smallest absolute Gasteiger partial charge is 0.225 e. The third kappa shape index (κ3) is 2.45. The van der Waals surface area contributed by atoms with E-state index in [2.05, 4.69) is 0 Å². The molecule has 5 nitrogen and oxygen atoms in total. The molecule has 20 heavy (non-hydrogen) atoms. The molecule has 1 aliphatic rings. The van der Waals surface area contributed by atoms with Gasteiger partial charge in [0, 0.05) is 14.7 Å². The maximum atomic E-state index is 11.3. The van der Waals surface area contributed by atoms with Crippen LogP contribution in [0.1, 0.15) is 34.7 Å². The van der Waals surface area contributed by atoms with Crippen LogP contribution >= 0.6 is 22.7 Å². The average Bonchev–Trinajstić information content (AvgIpc) is 3.12. The number of rotatable bonds is 2. The van der Waals surface area contributed by atoms with Crippen molar-refractivity contribution in [2.24, 2.45) is 0 Å². The fourth-order valence-corrected chi connectivity index (χ4v) is 4.15. The fourth-order valence-electron chi connectivity index (χ4n) is 2.51. The highest BCUT2D eigenvalue weighted by Crippen LogP contribution is 2.41. The normalized spacial score (nSPS) is 23.9. The van der Waals surface area contributed by atoms with Crippen molar-refractivity contribution in [2.45, 2.75) is 24.9 Å². The minimum atomic E-state index is -0.297. The van der Waals surface area contributed by atoms with Crippen LogP contribution in [0.4, 0.5) is 0 Å². The van der Waals surface area contributed by atoms with Gasteiger partial charge in [-0.05, 0) is 22.9 Å². The molecule has 2 aromatic heterocycles. The van der Waals surface area contributed by atoms with Crippen LogP contribution in [0, 0.1) is 5.21 Å². The van der Waals surface area contributed by atoms with Crippen molar-refractivity contribution in [2.75, 3.05) is 0 Å². The summed E-state index contributed by atoms with van der Waals surface area (Å²) in [5.41, 5.74) is 0.395. The van der Waals surface area contributed by atoms with Gasteiger partial charge in [-0.15, -0.1) is 22.7 Å². The van der Waals surface area contributed by atoms with Crippen molar-refractivity contribution < 1.29 is 15.3 Å². The molecule has 2 N–H and O–H groups in total. The Balaban J connectivity index is 1.97. The van der Waals surface area contributed by atoms with Crippen LogP contribution in [0.2, 0.25) is 0 Å². The van der Waals surface area contributed by atoms with Crippen LogP contribution in [0.25, 0.3) is 0 Å². The summed E-state index contributed by atoms with van der Waals surface area (Å²) >= 11 is 3.06. The molecule has 1 saturated heterocycles. The highest BCUT2D eigenvalue weighted by Gasteiger charge is 2.39. The third-order valence-electron chi connectivity index (χ3n) is 3.51. The second-order valence-electron chi connectivity index (χ2n) is 4.69. The maximum Gasteiger partial charge on any atom is 0.225 e. The van der Waals surface area contributed by atoms with Gasteiger partial charge in [-0.2, -0.15) is 5.06 Å². The summed E-state index contributed by atoms with van der Waals surface area (Å²) in [7, 11) is 0. The van der Waals surface area contributed by atoms with Crippen LogP contribution < -0.4 is 0 Å². The molecule has 2 aromatic rings. The van der Waals surface area contributed by atoms with E-state index < -0.39 is 0 Å². The molecule has 2 atom stereocenters. The SMILES string of the molecule is [O-][N+](O)=C1C[C@H](c2cccs2)N(O)[C@@H](c2cccs2)C1. The Kier molecular flexibility index (Phi) is 3.75. The zero-order valence-electron chi connectivity index (χ0n) is 10.5. The molecule has 106 valence electrons. The molecule has 0 aliphatic carbocycles. The van der Waals surface area contributed by atoms with E-state index in [0.717, 1.165) is 9.75 Å². The summed E-state index contributed by atoms with van der Waals surface area (Å²) in [6, 6.07) is 7.09. The maximum absolute atomic E-state index is 11.3. The Bertz CT molecular complexity index is 545. The Hall–Kier alpha value is -1.41. The van der Waals surface area contributed by atoms with Gasteiger partial charge in [-0.3, -0.25) is 5.21 Å². The molecule has 0 aromatic carbocycles. The number of hydrogen-bond donors (Lipinski definition) is 2. The minimum absolute atomic E-state index is 0.0474. The lowest BCUT2D eigenvalue weighted by molar-refractivity contribution is -0.728. The number of hydroxylamine groups is 2. The van der Waals surface area contributed by atoms with E-state index in [0.29, 0.717) is 18.6 Å². The summed E-state index contributed by atoms with van der Waals surface area (Å²) in [5, 5.41) is 36.2. The lowest BCUT2D eigenvalue weighted by Crippen LogP contribution is -2.38.